The number of rotatable bonds is 40. The Kier molecular flexibility index (Phi) is 40.5. The number of aliphatic hydroxyl groups is 1. The van der Waals surface area contributed by atoms with Crippen molar-refractivity contribution in [1.82, 2.24) is 0 Å². The number of carbonyl (C=O) groups excluding carboxylic acids is 1. The van der Waals surface area contributed by atoms with Crippen LogP contribution in [0.1, 0.15) is 135 Å². The minimum Gasteiger partial charge on any atom is -0.477 e. The lowest BCUT2D eigenvalue weighted by atomic mass is 10.1. The molecule has 0 bridgehead atoms. The van der Waals surface area contributed by atoms with Crippen LogP contribution >= 0.6 is 0 Å². The number of unbranched alkanes of at least 4 members (excludes halogenated alkanes) is 8. The Hall–Kier alpha value is -3.82. The number of carboxylic acids is 1. The Morgan fingerprint density at radius 3 is 1.25 bits per heavy atom. The number of aliphatic carboxylic acids is 1. The monoisotopic (exact) mass is 835 g/mol. The van der Waals surface area contributed by atoms with Crippen LogP contribution in [0.5, 0.6) is 0 Å². The molecule has 0 aliphatic carbocycles. The van der Waals surface area contributed by atoms with Crippen LogP contribution in [-0.4, -0.2) is 86.5 Å². The summed E-state index contributed by atoms with van der Waals surface area (Å²) in [6.45, 7) is 2.44. The van der Waals surface area contributed by atoms with Crippen molar-refractivity contribution in [3.63, 3.8) is 0 Å². The third-order valence-corrected chi connectivity index (χ3v) is 8.96. The van der Waals surface area contributed by atoms with Gasteiger partial charge >= 0.3 is 11.9 Å². The predicted molar refractivity (Wildman–Crippen MR) is 253 cm³/mol. The van der Waals surface area contributed by atoms with Gasteiger partial charge in [0.05, 0.1) is 34.4 Å². The van der Waals surface area contributed by atoms with Gasteiger partial charge in [0.15, 0.2) is 0 Å². The molecule has 338 valence electrons. The van der Waals surface area contributed by atoms with Gasteiger partial charge in [-0.1, -0.05) is 167 Å². The molecule has 0 rings (SSSR count). The van der Waals surface area contributed by atoms with Crippen molar-refractivity contribution in [3.05, 3.63) is 122 Å². The van der Waals surface area contributed by atoms with E-state index in [9.17, 15) is 19.8 Å². The molecule has 0 fully saturated rings. The fraction of sp³-hybridized carbons (Fsp3) is 0.577. The largest absolute Gasteiger partial charge is 0.477 e. The summed E-state index contributed by atoms with van der Waals surface area (Å²) in [5.41, 5.74) is 0. The summed E-state index contributed by atoms with van der Waals surface area (Å²) in [5, 5.41) is 19.3. The number of ether oxygens (including phenoxy) is 3. The number of hydrogen-bond acceptors (Lipinski definition) is 6. The second-order valence-electron chi connectivity index (χ2n) is 15.8. The molecular weight excluding hydrogens is 751 g/mol. The minimum atomic E-state index is -1.47. The minimum absolute atomic E-state index is 0.203. The average Bonchev–Trinajstić information content (AvgIpc) is 3.21. The van der Waals surface area contributed by atoms with Crippen LogP contribution in [-0.2, 0) is 23.8 Å². The Morgan fingerprint density at radius 1 is 0.500 bits per heavy atom. The van der Waals surface area contributed by atoms with E-state index in [1.807, 2.05) is 21.1 Å². The standard InChI is InChI=1S/C52H83NO7/c1-5-6-7-8-9-10-11-12-13-14-15-16-17-18-19-20-21-22-23-24-25-26-27-28-29-30-31-32-33-34-35-36-37-38-39-40-41-42-43-44-50(55)59-47-49(54)48-60-52(51(56)57)58-46-45-53(2,3)4/h6-7,9-10,12-13,15-16,18-19,21-22,24-25,27-28,30-31,33-34,49,52,54H,5,8,11,14,17,20,23,26,29,32,35-48H2,1-4H3/p+1/b7-6-,10-9-,13-12-,16-15-,19-18-,22-21-,25-24-,28-27-,31-30-,34-33-. The van der Waals surface area contributed by atoms with Crippen molar-refractivity contribution in [2.45, 2.75) is 148 Å². The van der Waals surface area contributed by atoms with Gasteiger partial charge in [-0.25, -0.2) is 4.79 Å². The van der Waals surface area contributed by atoms with Crippen LogP contribution < -0.4 is 0 Å². The van der Waals surface area contributed by atoms with E-state index in [1.165, 1.54) is 32.1 Å². The topological polar surface area (TPSA) is 102 Å². The fourth-order valence-electron chi connectivity index (χ4n) is 5.45. The zero-order valence-corrected chi connectivity index (χ0v) is 38.1. The first kappa shape index (κ1) is 56.2. The van der Waals surface area contributed by atoms with Gasteiger partial charge in [-0.05, 0) is 83.5 Å². The summed E-state index contributed by atoms with van der Waals surface area (Å²) in [6.07, 6.45) is 62.5. The molecule has 0 aromatic heterocycles. The van der Waals surface area contributed by atoms with Gasteiger partial charge in [0.1, 0.15) is 19.3 Å². The van der Waals surface area contributed by atoms with Gasteiger partial charge in [0, 0.05) is 6.42 Å². The maximum absolute atomic E-state index is 12.0. The Morgan fingerprint density at radius 2 is 0.867 bits per heavy atom. The van der Waals surface area contributed by atoms with Crippen LogP contribution in [0.4, 0.5) is 0 Å². The molecule has 0 aliphatic heterocycles. The molecule has 8 heteroatoms. The molecule has 0 spiro atoms. The van der Waals surface area contributed by atoms with Crippen molar-refractivity contribution < 1.29 is 38.5 Å². The summed E-state index contributed by atoms with van der Waals surface area (Å²) < 4.78 is 16.2. The Bertz CT molecular complexity index is 1330. The second-order valence-corrected chi connectivity index (χ2v) is 15.8. The number of nitrogens with zero attached hydrogens (tertiary/aromatic N) is 1. The molecule has 0 heterocycles. The average molecular weight is 835 g/mol. The van der Waals surface area contributed by atoms with Gasteiger partial charge in [-0.15, -0.1) is 0 Å². The first-order valence-electron chi connectivity index (χ1n) is 22.8. The molecule has 2 N–H and O–H groups in total. The molecule has 0 radical (unpaired) electrons. The zero-order chi connectivity index (χ0) is 44.0. The first-order valence-corrected chi connectivity index (χ1v) is 22.8. The summed E-state index contributed by atoms with van der Waals surface area (Å²) in [7, 11) is 5.91. The van der Waals surface area contributed by atoms with Crippen molar-refractivity contribution >= 4 is 11.9 Å². The predicted octanol–water partition coefficient (Wildman–Crippen LogP) is 12.4. The number of hydrogen-bond donors (Lipinski definition) is 2. The molecule has 8 nitrogen and oxygen atoms in total. The number of carbonyl (C=O) groups is 2. The zero-order valence-electron chi connectivity index (χ0n) is 38.1. The molecule has 2 atom stereocenters. The van der Waals surface area contributed by atoms with E-state index in [0.717, 1.165) is 89.9 Å². The lowest BCUT2D eigenvalue weighted by Crippen LogP contribution is -2.40. The van der Waals surface area contributed by atoms with E-state index in [0.29, 0.717) is 17.4 Å². The quantitative estimate of drug-likeness (QED) is 0.0208. The number of quaternary nitrogens is 1. The number of likely N-dealkylation sites (N-methyl/N-ethyl adjacent to an activating group) is 1. The SMILES string of the molecule is CC/C=C\C/C=C\C/C=C\C/C=C\C/C=C\C/C=C\C/C=C\C/C=C\C/C=C\C/C=C\CCCCCCCCCCC(=O)OCC(O)COC(OCC[N+](C)(C)C)C(=O)O. The Balaban J connectivity index is 3.63. The molecule has 0 saturated carbocycles. The van der Waals surface area contributed by atoms with E-state index in [-0.39, 0.29) is 25.8 Å². The maximum atomic E-state index is 12.0. The molecular formula is C52H84NO7+. The number of allylic oxidation sites excluding steroid dienone is 20. The van der Waals surface area contributed by atoms with E-state index in [2.05, 4.69) is 128 Å². The molecule has 0 aromatic carbocycles. The van der Waals surface area contributed by atoms with Gasteiger partial charge in [-0.2, -0.15) is 0 Å². The van der Waals surface area contributed by atoms with Crippen LogP contribution in [0.2, 0.25) is 0 Å². The fourth-order valence-corrected chi connectivity index (χ4v) is 5.45. The van der Waals surface area contributed by atoms with Crippen molar-refractivity contribution in [3.8, 4) is 0 Å². The molecule has 0 amide bonds. The van der Waals surface area contributed by atoms with Crippen LogP contribution in [0.15, 0.2) is 122 Å². The highest BCUT2D eigenvalue weighted by molar-refractivity contribution is 5.70. The second kappa shape index (κ2) is 43.3. The molecule has 0 aliphatic rings. The highest BCUT2D eigenvalue weighted by atomic mass is 16.7. The van der Waals surface area contributed by atoms with Crippen LogP contribution in [0.3, 0.4) is 0 Å². The van der Waals surface area contributed by atoms with Crippen molar-refractivity contribution in [2.24, 2.45) is 0 Å². The number of esters is 1. The van der Waals surface area contributed by atoms with E-state index >= 15 is 0 Å². The first-order chi connectivity index (χ1) is 29.2. The molecule has 60 heavy (non-hydrogen) atoms. The van der Waals surface area contributed by atoms with Gasteiger partial charge < -0.3 is 28.9 Å². The Labute approximate surface area is 366 Å². The smallest absolute Gasteiger partial charge is 0.361 e. The van der Waals surface area contributed by atoms with Crippen molar-refractivity contribution in [1.29, 1.82) is 0 Å². The van der Waals surface area contributed by atoms with Gasteiger partial charge in [-0.3, -0.25) is 4.79 Å². The van der Waals surface area contributed by atoms with Gasteiger partial charge in [0.2, 0.25) is 0 Å². The normalized spacial score (nSPS) is 14.2. The highest BCUT2D eigenvalue weighted by Crippen LogP contribution is 2.12. The molecule has 0 aromatic rings. The highest BCUT2D eigenvalue weighted by Gasteiger charge is 2.22. The maximum Gasteiger partial charge on any atom is 0.361 e. The van der Waals surface area contributed by atoms with Crippen LogP contribution in [0, 0.1) is 0 Å². The summed E-state index contributed by atoms with van der Waals surface area (Å²) in [4.78, 5) is 23.3. The summed E-state index contributed by atoms with van der Waals surface area (Å²) >= 11 is 0. The third kappa shape index (κ3) is 45.3. The summed E-state index contributed by atoms with van der Waals surface area (Å²) in [5.74, 6) is -1.63. The third-order valence-electron chi connectivity index (χ3n) is 8.96. The van der Waals surface area contributed by atoms with E-state index in [1.54, 1.807) is 0 Å². The van der Waals surface area contributed by atoms with E-state index < -0.39 is 18.4 Å². The molecule has 2 unspecified atom stereocenters. The van der Waals surface area contributed by atoms with E-state index in [4.69, 9.17) is 14.2 Å². The van der Waals surface area contributed by atoms with Crippen LogP contribution in [0.25, 0.3) is 0 Å². The number of aliphatic hydroxyl groups excluding tert-OH is 1. The molecule has 0 saturated heterocycles. The lowest BCUT2D eigenvalue weighted by molar-refractivity contribution is -0.870. The van der Waals surface area contributed by atoms with Crippen molar-refractivity contribution in [2.75, 3.05) is 47.5 Å². The number of carboxylic acid groups (broad SMARTS) is 1. The lowest BCUT2D eigenvalue weighted by Gasteiger charge is -2.24. The van der Waals surface area contributed by atoms with Gasteiger partial charge in [0.25, 0.3) is 6.29 Å². The summed E-state index contributed by atoms with van der Waals surface area (Å²) in [6, 6.07) is 0.